The minimum atomic E-state index is -0.884. The van der Waals surface area contributed by atoms with Crippen molar-refractivity contribution in [2.45, 2.75) is 43.4 Å². The van der Waals surface area contributed by atoms with Crippen molar-refractivity contribution < 1.29 is 9.00 Å². The fraction of sp³-hybridized carbons (Fsp3) is 0.800. The Kier molecular flexibility index (Phi) is 4.99. The Morgan fingerprint density at radius 3 is 2.87 bits per heavy atom. The van der Waals surface area contributed by atoms with Crippen LogP contribution in [0.15, 0.2) is 12.4 Å². The number of rotatable bonds is 5. The Balaban J connectivity index is 1.50. The summed E-state index contributed by atoms with van der Waals surface area (Å²) in [6.45, 7) is 2.86. The quantitative estimate of drug-likeness (QED) is 0.868. The van der Waals surface area contributed by atoms with Crippen LogP contribution in [0.1, 0.15) is 32.1 Å². The molecule has 1 N–H and O–H groups in total. The predicted octanol–water partition coefficient (Wildman–Crippen LogP) is 1.00. The number of carbonyl (C=O) groups is 1. The number of amides is 2. The number of hydrogen-bond donors (Lipinski definition) is 1. The van der Waals surface area contributed by atoms with Crippen LogP contribution in [0.3, 0.4) is 0 Å². The molecule has 128 valence electrons. The molecule has 2 aliphatic rings. The monoisotopic (exact) mass is 339 g/mol. The smallest absolute Gasteiger partial charge is 0.317 e. The largest absolute Gasteiger partial charge is 0.336 e. The Labute approximate surface area is 139 Å². The Bertz CT molecular complexity index is 558. The van der Waals surface area contributed by atoms with Gasteiger partial charge >= 0.3 is 6.03 Å². The molecule has 1 aliphatic carbocycles. The van der Waals surface area contributed by atoms with Gasteiger partial charge in [0.25, 0.3) is 0 Å². The lowest BCUT2D eigenvalue weighted by Gasteiger charge is -2.41. The number of nitrogens with zero attached hydrogens (tertiary/aromatic N) is 4. The molecule has 0 spiro atoms. The molecule has 0 aromatic carbocycles. The maximum absolute atomic E-state index is 12.4. The number of nitrogens with one attached hydrogen (secondary N) is 1. The summed E-state index contributed by atoms with van der Waals surface area (Å²) in [5.74, 6) is 0.411. The van der Waals surface area contributed by atoms with Crippen molar-refractivity contribution in [3.63, 3.8) is 0 Å². The van der Waals surface area contributed by atoms with Crippen molar-refractivity contribution in [1.82, 2.24) is 25.2 Å². The van der Waals surface area contributed by atoms with Crippen LogP contribution in [0.4, 0.5) is 4.79 Å². The van der Waals surface area contributed by atoms with Crippen LogP contribution < -0.4 is 5.32 Å². The van der Waals surface area contributed by atoms with Gasteiger partial charge in [-0.3, -0.25) is 8.89 Å². The molecule has 3 rings (SSSR count). The summed E-state index contributed by atoms with van der Waals surface area (Å²) in [5.41, 5.74) is 0. The number of aromatic nitrogens is 3. The molecular weight excluding hydrogens is 314 g/mol. The first-order valence-corrected chi connectivity index (χ1v) is 9.85. The predicted molar refractivity (Wildman–Crippen MR) is 88.4 cm³/mol. The first-order chi connectivity index (χ1) is 11.1. The van der Waals surface area contributed by atoms with Crippen molar-refractivity contribution in [1.29, 1.82) is 0 Å². The summed E-state index contributed by atoms with van der Waals surface area (Å²) in [6, 6.07) is -0.0231. The second-order valence-corrected chi connectivity index (χ2v) is 8.50. The molecule has 2 amide bonds. The summed E-state index contributed by atoms with van der Waals surface area (Å²) in [7, 11) is -0.884. The zero-order valence-electron chi connectivity index (χ0n) is 13.6. The third-order valence-corrected chi connectivity index (χ3v) is 6.93. The van der Waals surface area contributed by atoms with Gasteiger partial charge in [-0.15, -0.1) is 5.10 Å². The van der Waals surface area contributed by atoms with Crippen molar-refractivity contribution in [3.05, 3.63) is 12.4 Å². The van der Waals surface area contributed by atoms with E-state index in [1.807, 2.05) is 15.8 Å². The maximum Gasteiger partial charge on any atom is 0.317 e. The Hall–Kier alpha value is -1.44. The summed E-state index contributed by atoms with van der Waals surface area (Å²) < 4.78 is 13.5. The van der Waals surface area contributed by atoms with E-state index in [4.69, 9.17) is 0 Å². The average molecular weight is 339 g/mol. The average Bonchev–Trinajstić information content (AvgIpc) is 2.98. The second-order valence-electron chi connectivity index (χ2n) is 6.73. The highest BCUT2D eigenvalue weighted by molar-refractivity contribution is 7.85. The molecule has 0 bridgehead atoms. The standard InChI is InChI=1S/C15H25N5O2S/c1-23(22)15(5-3-6-15)12-16-14(21)19-8-2-4-13(10-19)11-20-9-7-17-18-20/h7,9,13H,2-6,8,10-12H2,1H3,(H,16,21)/t13-,23-/m0/s1. The third kappa shape index (κ3) is 3.73. The topological polar surface area (TPSA) is 80.1 Å². The highest BCUT2D eigenvalue weighted by atomic mass is 32.2. The molecule has 2 atom stereocenters. The Morgan fingerprint density at radius 2 is 2.26 bits per heavy atom. The van der Waals surface area contributed by atoms with Gasteiger partial charge in [0.15, 0.2) is 0 Å². The summed E-state index contributed by atoms with van der Waals surface area (Å²) in [4.78, 5) is 14.3. The fourth-order valence-electron chi connectivity index (χ4n) is 3.48. The molecule has 0 unspecified atom stereocenters. The number of piperidine rings is 1. The number of likely N-dealkylation sites (tertiary alicyclic amines) is 1. The van der Waals surface area contributed by atoms with E-state index in [0.29, 0.717) is 12.5 Å². The first kappa shape index (κ1) is 16.4. The van der Waals surface area contributed by atoms with E-state index >= 15 is 0 Å². The van der Waals surface area contributed by atoms with Gasteiger partial charge in [0.2, 0.25) is 0 Å². The summed E-state index contributed by atoms with van der Waals surface area (Å²) in [6.07, 6.45) is 10.4. The van der Waals surface area contributed by atoms with E-state index < -0.39 is 10.8 Å². The van der Waals surface area contributed by atoms with Crippen LogP contribution in [-0.4, -0.2) is 60.8 Å². The SMILES string of the molecule is C[S@](=O)C1(CNC(=O)N2CCC[C@H](Cn3ccnn3)C2)CCC1. The molecule has 1 saturated heterocycles. The van der Waals surface area contributed by atoms with Crippen LogP contribution in [0.25, 0.3) is 0 Å². The molecule has 1 saturated carbocycles. The fourth-order valence-corrected chi connectivity index (χ4v) is 4.62. The summed E-state index contributed by atoms with van der Waals surface area (Å²) in [5, 5.41) is 10.8. The molecule has 1 aromatic rings. The Morgan fingerprint density at radius 1 is 1.43 bits per heavy atom. The van der Waals surface area contributed by atoms with Gasteiger partial charge in [-0.25, -0.2) is 4.79 Å². The second kappa shape index (κ2) is 6.98. The number of hydrogen-bond acceptors (Lipinski definition) is 4. The third-order valence-electron chi connectivity index (χ3n) is 5.16. The van der Waals surface area contributed by atoms with E-state index in [2.05, 4.69) is 15.6 Å². The van der Waals surface area contributed by atoms with Crippen molar-refractivity contribution in [2.24, 2.45) is 5.92 Å². The van der Waals surface area contributed by atoms with E-state index in [1.54, 1.807) is 12.5 Å². The highest BCUT2D eigenvalue weighted by Crippen LogP contribution is 2.36. The van der Waals surface area contributed by atoms with Crippen molar-refractivity contribution in [3.8, 4) is 0 Å². The minimum absolute atomic E-state index is 0.0231. The molecule has 23 heavy (non-hydrogen) atoms. The van der Waals surface area contributed by atoms with Gasteiger partial charge in [-0.2, -0.15) is 0 Å². The van der Waals surface area contributed by atoms with Crippen LogP contribution in [0.2, 0.25) is 0 Å². The first-order valence-electron chi connectivity index (χ1n) is 8.29. The maximum atomic E-state index is 12.4. The van der Waals surface area contributed by atoms with Crippen LogP contribution in [0.5, 0.6) is 0 Å². The van der Waals surface area contributed by atoms with Gasteiger partial charge in [-0.05, 0) is 31.6 Å². The van der Waals surface area contributed by atoms with Crippen LogP contribution in [-0.2, 0) is 17.3 Å². The van der Waals surface area contributed by atoms with Crippen LogP contribution >= 0.6 is 0 Å². The number of carbonyl (C=O) groups excluding carboxylic acids is 1. The lowest BCUT2D eigenvalue weighted by Crippen LogP contribution is -2.54. The van der Waals surface area contributed by atoms with Gasteiger partial charge < -0.3 is 10.2 Å². The van der Waals surface area contributed by atoms with E-state index in [1.165, 1.54) is 0 Å². The van der Waals surface area contributed by atoms with Crippen molar-refractivity contribution in [2.75, 3.05) is 25.9 Å². The molecule has 1 aromatic heterocycles. The highest BCUT2D eigenvalue weighted by Gasteiger charge is 2.41. The molecule has 2 heterocycles. The van der Waals surface area contributed by atoms with Crippen molar-refractivity contribution >= 4 is 16.8 Å². The van der Waals surface area contributed by atoms with E-state index in [9.17, 15) is 9.00 Å². The molecule has 1 aliphatic heterocycles. The van der Waals surface area contributed by atoms with Gasteiger partial charge in [0, 0.05) is 49.4 Å². The molecule has 7 nitrogen and oxygen atoms in total. The molecule has 0 radical (unpaired) electrons. The lowest BCUT2D eigenvalue weighted by molar-refractivity contribution is 0.155. The van der Waals surface area contributed by atoms with Gasteiger partial charge in [0.1, 0.15) is 0 Å². The van der Waals surface area contributed by atoms with Crippen LogP contribution in [0, 0.1) is 5.92 Å². The van der Waals surface area contributed by atoms with E-state index in [-0.39, 0.29) is 10.8 Å². The van der Waals surface area contributed by atoms with Gasteiger partial charge in [-0.1, -0.05) is 11.6 Å². The van der Waals surface area contributed by atoms with Gasteiger partial charge in [0.05, 0.1) is 10.9 Å². The minimum Gasteiger partial charge on any atom is -0.336 e. The normalized spacial score (nSPS) is 24.7. The number of urea groups is 1. The summed E-state index contributed by atoms with van der Waals surface area (Å²) >= 11 is 0. The lowest BCUT2D eigenvalue weighted by atomic mass is 9.84. The zero-order chi connectivity index (χ0) is 16.3. The molecular formula is C15H25N5O2S. The molecule has 8 heteroatoms. The van der Waals surface area contributed by atoms with E-state index in [0.717, 1.165) is 51.7 Å². The zero-order valence-corrected chi connectivity index (χ0v) is 14.4. The molecule has 2 fully saturated rings.